The average molecular weight is 261 g/mol. The monoisotopic (exact) mass is 261 g/mol. The molecule has 0 aliphatic heterocycles. The van der Waals surface area contributed by atoms with Gasteiger partial charge in [0, 0.05) is 6.04 Å². The predicted molar refractivity (Wildman–Crippen MR) is 59.2 cm³/mol. The Labute approximate surface area is 98.5 Å². The topological polar surface area (TPSA) is 60.2 Å². The SMILES string of the molecule is NC1CCC(S(=O)(=O)c2cc(F)ccc2F)C1. The van der Waals surface area contributed by atoms with E-state index in [1.165, 1.54) is 0 Å². The first-order chi connectivity index (χ1) is 7.91. The number of halogens is 2. The summed E-state index contributed by atoms with van der Waals surface area (Å²) in [6.07, 6.45) is 1.30. The summed E-state index contributed by atoms with van der Waals surface area (Å²) in [5.41, 5.74) is 5.64. The van der Waals surface area contributed by atoms with Crippen LogP contribution in [0.4, 0.5) is 8.78 Å². The highest BCUT2D eigenvalue weighted by molar-refractivity contribution is 7.92. The minimum absolute atomic E-state index is 0.175. The lowest BCUT2D eigenvalue weighted by Gasteiger charge is -2.12. The minimum atomic E-state index is -3.82. The molecule has 1 aromatic rings. The molecule has 1 fully saturated rings. The van der Waals surface area contributed by atoms with Crippen molar-refractivity contribution < 1.29 is 17.2 Å². The number of hydrogen-bond donors (Lipinski definition) is 1. The molecule has 0 heterocycles. The third-order valence-electron chi connectivity index (χ3n) is 3.06. The number of nitrogens with two attached hydrogens (primary N) is 1. The molecule has 2 unspecified atom stereocenters. The Hall–Kier alpha value is -1.01. The van der Waals surface area contributed by atoms with Crippen molar-refractivity contribution in [3.63, 3.8) is 0 Å². The van der Waals surface area contributed by atoms with Crippen molar-refractivity contribution in [3.8, 4) is 0 Å². The van der Waals surface area contributed by atoms with Crippen LogP contribution in [0.5, 0.6) is 0 Å². The molecule has 0 amide bonds. The van der Waals surface area contributed by atoms with Gasteiger partial charge in [-0.3, -0.25) is 0 Å². The highest BCUT2D eigenvalue weighted by Gasteiger charge is 2.35. The maximum atomic E-state index is 13.4. The Balaban J connectivity index is 2.41. The van der Waals surface area contributed by atoms with E-state index >= 15 is 0 Å². The van der Waals surface area contributed by atoms with Crippen LogP contribution >= 0.6 is 0 Å². The van der Waals surface area contributed by atoms with Gasteiger partial charge < -0.3 is 5.73 Å². The quantitative estimate of drug-likeness (QED) is 0.880. The van der Waals surface area contributed by atoms with Gasteiger partial charge in [0.15, 0.2) is 9.84 Å². The van der Waals surface area contributed by atoms with Gasteiger partial charge in [-0.05, 0) is 37.5 Å². The second kappa shape index (κ2) is 4.34. The zero-order chi connectivity index (χ0) is 12.6. The van der Waals surface area contributed by atoms with Crippen molar-refractivity contribution in [2.24, 2.45) is 5.73 Å². The van der Waals surface area contributed by atoms with Crippen molar-refractivity contribution in [1.29, 1.82) is 0 Å². The molecule has 1 aromatic carbocycles. The summed E-state index contributed by atoms with van der Waals surface area (Å²) < 4.78 is 50.6. The van der Waals surface area contributed by atoms with E-state index in [4.69, 9.17) is 5.73 Å². The van der Waals surface area contributed by atoms with E-state index in [9.17, 15) is 17.2 Å². The van der Waals surface area contributed by atoms with Crippen LogP contribution in [-0.2, 0) is 9.84 Å². The van der Waals surface area contributed by atoms with Gasteiger partial charge in [-0.1, -0.05) is 0 Å². The maximum Gasteiger partial charge on any atom is 0.184 e. The van der Waals surface area contributed by atoms with Crippen LogP contribution in [-0.4, -0.2) is 19.7 Å². The van der Waals surface area contributed by atoms with Crippen LogP contribution in [0.2, 0.25) is 0 Å². The van der Waals surface area contributed by atoms with Crippen molar-refractivity contribution in [1.82, 2.24) is 0 Å². The number of benzene rings is 1. The summed E-state index contributed by atoms with van der Waals surface area (Å²) in [5, 5.41) is -0.700. The van der Waals surface area contributed by atoms with E-state index in [-0.39, 0.29) is 6.04 Å². The van der Waals surface area contributed by atoms with E-state index in [1.54, 1.807) is 0 Å². The fraction of sp³-hybridized carbons (Fsp3) is 0.455. The Morgan fingerprint density at radius 2 is 1.94 bits per heavy atom. The fourth-order valence-electron chi connectivity index (χ4n) is 2.13. The second-order valence-electron chi connectivity index (χ2n) is 4.31. The lowest BCUT2D eigenvalue weighted by Crippen LogP contribution is -2.23. The van der Waals surface area contributed by atoms with E-state index in [0.29, 0.717) is 19.3 Å². The first kappa shape index (κ1) is 12.4. The molecule has 6 heteroatoms. The standard InChI is InChI=1S/C11H13F2NO2S/c12-7-1-4-10(13)11(5-7)17(15,16)9-3-2-8(14)6-9/h1,4-5,8-9H,2-3,6,14H2. The van der Waals surface area contributed by atoms with E-state index in [2.05, 4.69) is 0 Å². The van der Waals surface area contributed by atoms with Crippen LogP contribution in [0.15, 0.2) is 23.1 Å². The van der Waals surface area contributed by atoms with Gasteiger partial charge in [-0.2, -0.15) is 0 Å². The first-order valence-corrected chi connectivity index (χ1v) is 6.90. The smallest absolute Gasteiger partial charge is 0.184 e. The zero-order valence-electron chi connectivity index (χ0n) is 9.07. The van der Waals surface area contributed by atoms with Crippen molar-refractivity contribution in [2.45, 2.75) is 35.4 Å². The molecule has 0 saturated heterocycles. The lowest BCUT2D eigenvalue weighted by molar-refractivity contribution is 0.544. The highest BCUT2D eigenvalue weighted by Crippen LogP contribution is 2.30. The molecule has 1 aliphatic rings. The van der Waals surface area contributed by atoms with Crippen molar-refractivity contribution in [3.05, 3.63) is 29.8 Å². The van der Waals surface area contributed by atoms with Crippen LogP contribution in [0, 0.1) is 11.6 Å². The van der Waals surface area contributed by atoms with Gasteiger partial charge in [-0.25, -0.2) is 17.2 Å². The Morgan fingerprint density at radius 3 is 2.53 bits per heavy atom. The third kappa shape index (κ3) is 2.32. The van der Waals surface area contributed by atoms with E-state index in [0.717, 1.165) is 18.2 Å². The highest BCUT2D eigenvalue weighted by atomic mass is 32.2. The van der Waals surface area contributed by atoms with Gasteiger partial charge in [0.25, 0.3) is 0 Å². The van der Waals surface area contributed by atoms with E-state index < -0.39 is 31.6 Å². The Kier molecular flexibility index (Phi) is 3.18. The third-order valence-corrected chi connectivity index (χ3v) is 5.30. The van der Waals surface area contributed by atoms with Gasteiger partial charge in [0.05, 0.1) is 5.25 Å². The number of rotatable bonds is 2. The molecule has 1 aliphatic carbocycles. The molecule has 94 valence electrons. The summed E-state index contributed by atoms with van der Waals surface area (Å²) in [7, 11) is -3.82. The van der Waals surface area contributed by atoms with E-state index in [1.807, 2.05) is 0 Å². The molecule has 2 rings (SSSR count). The molecule has 2 atom stereocenters. The van der Waals surface area contributed by atoms with Crippen LogP contribution < -0.4 is 5.73 Å². The summed E-state index contributed by atoms with van der Waals surface area (Å²) in [6, 6.07) is 2.28. The molecule has 0 radical (unpaired) electrons. The maximum absolute atomic E-state index is 13.4. The largest absolute Gasteiger partial charge is 0.328 e. The van der Waals surface area contributed by atoms with Crippen LogP contribution in [0.1, 0.15) is 19.3 Å². The molecule has 17 heavy (non-hydrogen) atoms. The molecule has 0 bridgehead atoms. The van der Waals surface area contributed by atoms with Gasteiger partial charge >= 0.3 is 0 Å². The van der Waals surface area contributed by atoms with Crippen LogP contribution in [0.3, 0.4) is 0 Å². The molecule has 3 nitrogen and oxygen atoms in total. The van der Waals surface area contributed by atoms with Crippen molar-refractivity contribution >= 4 is 9.84 Å². The summed E-state index contributed by atoms with van der Waals surface area (Å²) >= 11 is 0. The molecular formula is C11H13F2NO2S. The molecule has 0 spiro atoms. The normalized spacial score (nSPS) is 25.1. The van der Waals surface area contributed by atoms with Gasteiger partial charge in [0.1, 0.15) is 16.5 Å². The molecule has 1 saturated carbocycles. The first-order valence-electron chi connectivity index (χ1n) is 5.36. The minimum Gasteiger partial charge on any atom is -0.328 e. The van der Waals surface area contributed by atoms with Gasteiger partial charge in [0.2, 0.25) is 0 Å². The molecular weight excluding hydrogens is 248 g/mol. The summed E-state index contributed by atoms with van der Waals surface area (Å²) in [4.78, 5) is -0.559. The Bertz CT molecular complexity index is 530. The summed E-state index contributed by atoms with van der Waals surface area (Å²) in [6.45, 7) is 0. The number of sulfone groups is 1. The fourth-order valence-corrected chi connectivity index (χ4v) is 4.05. The average Bonchev–Trinajstić information content (AvgIpc) is 2.69. The summed E-state index contributed by atoms with van der Waals surface area (Å²) in [5.74, 6) is -1.67. The Morgan fingerprint density at radius 1 is 1.24 bits per heavy atom. The molecule has 0 aromatic heterocycles. The van der Waals surface area contributed by atoms with Crippen molar-refractivity contribution in [2.75, 3.05) is 0 Å². The van der Waals surface area contributed by atoms with Gasteiger partial charge in [-0.15, -0.1) is 0 Å². The lowest BCUT2D eigenvalue weighted by atomic mass is 10.3. The van der Waals surface area contributed by atoms with Crippen LogP contribution in [0.25, 0.3) is 0 Å². The zero-order valence-corrected chi connectivity index (χ0v) is 9.88. The number of hydrogen-bond acceptors (Lipinski definition) is 3. The second-order valence-corrected chi connectivity index (χ2v) is 6.51. The predicted octanol–water partition coefficient (Wildman–Crippen LogP) is 1.62. The molecule has 2 N–H and O–H groups in total.